The topological polar surface area (TPSA) is 101 Å². The maximum atomic E-state index is 14.6. The maximum absolute atomic E-state index is 14.6. The molecule has 0 aromatic heterocycles. The molecule has 2 unspecified atom stereocenters. The summed E-state index contributed by atoms with van der Waals surface area (Å²) in [6.45, 7) is 0.978. The quantitative estimate of drug-likeness (QED) is 0.837. The molecule has 2 N–H and O–H groups in total. The van der Waals surface area contributed by atoms with Crippen LogP contribution in [0.3, 0.4) is 0 Å². The standard InChI is InChI=1S/C19H15F2N5/c1-26-5-4-12-14(7-22)18(25)19(9-23,10-24)17(15(12)8-26)13-3-2-11(20)6-16(13)21/h2-4,6,15,17H,5,8,25H2,1H3. The number of likely N-dealkylation sites (N-methyl/N-ethyl adjacent to an activating group) is 1. The first kappa shape index (κ1) is 17.6. The zero-order valence-electron chi connectivity index (χ0n) is 14.0. The Labute approximate surface area is 149 Å². The van der Waals surface area contributed by atoms with E-state index in [4.69, 9.17) is 5.73 Å². The van der Waals surface area contributed by atoms with Gasteiger partial charge in [-0.05, 0) is 24.3 Å². The van der Waals surface area contributed by atoms with Crippen LogP contribution in [0.1, 0.15) is 11.5 Å². The first-order chi connectivity index (χ1) is 12.4. The van der Waals surface area contributed by atoms with Gasteiger partial charge in [0.05, 0.1) is 23.4 Å². The van der Waals surface area contributed by atoms with E-state index in [9.17, 15) is 24.6 Å². The Morgan fingerprint density at radius 2 is 1.92 bits per heavy atom. The van der Waals surface area contributed by atoms with Gasteiger partial charge in [-0.1, -0.05) is 12.1 Å². The highest BCUT2D eigenvalue weighted by Crippen LogP contribution is 2.54. The van der Waals surface area contributed by atoms with Crippen LogP contribution in [-0.2, 0) is 0 Å². The third-order valence-electron chi connectivity index (χ3n) is 5.14. The van der Waals surface area contributed by atoms with E-state index in [1.165, 1.54) is 6.07 Å². The fourth-order valence-corrected chi connectivity index (χ4v) is 3.92. The highest BCUT2D eigenvalue weighted by atomic mass is 19.1. The Hall–Kier alpha value is -3.21. The second-order valence-electron chi connectivity index (χ2n) is 6.56. The van der Waals surface area contributed by atoms with Crippen molar-refractivity contribution in [3.05, 3.63) is 58.3 Å². The molecule has 1 aliphatic carbocycles. The van der Waals surface area contributed by atoms with Crippen molar-refractivity contribution in [3.8, 4) is 18.2 Å². The van der Waals surface area contributed by atoms with Gasteiger partial charge < -0.3 is 10.6 Å². The predicted molar refractivity (Wildman–Crippen MR) is 88.7 cm³/mol. The number of nitrogens with zero attached hydrogens (tertiary/aromatic N) is 4. The lowest BCUT2D eigenvalue weighted by atomic mass is 9.58. The summed E-state index contributed by atoms with van der Waals surface area (Å²) in [5.74, 6) is -3.04. The number of allylic oxidation sites excluding steroid dienone is 2. The van der Waals surface area contributed by atoms with E-state index in [2.05, 4.69) is 0 Å². The van der Waals surface area contributed by atoms with Crippen LogP contribution in [0.4, 0.5) is 8.78 Å². The van der Waals surface area contributed by atoms with Gasteiger partial charge in [0.25, 0.3) is 0 Å². The summed E-state index contributed by atoms with van der Waals surface area (Å²) >= 11 is 0. The van der Waals surface area contributed by atoms with Gasteiger partial charge in [-0.25, -0.2) is 8.78 Å². The number of rotatable bonds is 1. The smallest absolute Gasteiger partial charge is 0.191 e. The molecule has 2 atom stereocenters. The molecular weight excluding hydrogens is 336 g/mol. The van der Waals surface area contributed by atoms with Crippen molar-refractivity contribution < 1.29 is 8.78 Å². The number of halogens is 2. The molecular formula is C19H15F2N5. The van der Waals surface area contributed by atoms with Gasteiger partial charge in [-0.3, -0.25) is 0 Å². The minimum atomic E-state index is -1.91. The average molecular weight is 351 g/mol. The lowest BCUT2D eigenvalue weighted by Gasteiger charge is -2.45. The van der Waals surface area contributed by atoms with Crippen LogP contribution in [0.5, 0.6) is 0 Å². The second-order valence-corrected chi connectivity index (χ2v) is 6.56. The average Bonchev–Trinajstić information content (AvgIpc) is 2.62. The van der Waals surface area contributed by atoms with E-state index >= 15 is 0 Å². The summed E-state index contributed by atoms with van der Waals surface area (Å²) in [7, 11) is 1.85. The van der Waals surface area contributed by atoms with Crippen LogP contribution in [-0.4, -0.2) is 25.0 Å². The molecule has 1 aliphatic heterocycles. The van der Waals surface area contributed by atoms with Crippen LogP contribution in [0.15, 0.2) is 41.1 Å². The number of nitrogens with two attached hydrogens (primary N) is 1. The van der Waals surface area contributed by atoms with Crippen molar-refractivity contribution in [2.75, 3.05) is 20.1 Å². The van der Waals surface area contributed by atoms with Crippen LogP contribution in [0.2, 0.25) is 0 Å². The van der Waals surface area contributed by atoms with Gasteiger partial charge in [-0.2, -0.15) is 15.8 Å². The first-order valence-corrected chi connectivity index (χ1v) is 7.96. The van der Waals surface area contributed by atoms with Gasteiger partial charge >= 0.3 is 0 Å². The summed E-state index contributed by atoms with van der Waals surface area (Å²) in [5, 5.41) is 29.2. The van der Waals surface area contributed by atoms with Gasteiger partial charge in [0.1, 0.15) is 17.7 Å². The molecule has 1 heterocycles. The summed E-state index contributed by atoms with van der Waals surface area (Å²) in [6, 6.07) is 8.90. The Bertz CT molecular complexity index is 944. The Kier molecular flexibility index (Phi) is 4.24. The highest BCUT2D eigenvalue weighted by Gasteiger charge is 2.54. The fraction of sp³-hybridized carbons (Fsp3) is 0.316. The van der Waals surface area contributed by atoms with Crippen molar-refractivity contribution in [2.24, 2.45) is 17.1 Å². The Balaban J connectivity index is 2.36. The Morgan fingerprint density at radius 1 is 1.23 bits per heavy atom. The van der Waals surface area contributed by atoms with Gasteiger partial charge in [0, 0.05) is 31.0 Å². The largest absolute Gasteiger partial charge is 0.399 e. The van der Waals surface area contributed by atoms with E-state index in [1.54, 1.807) is 0 Å². The number of fused-ring (bicyclic) bond motifs is 1. The van der Waals surface area contributed by atoms with Gasteiger partial charge in [0.2, 0.25) is 0 Å². The molecule has 0 fully saturated rings. The minimum absolute atomic E-state index is 0.0423. The van der Waals surface area contributed by atoms with Crippen LogP contribution >= 0.6 is 0 Å². The SMILES string of the molecule is CN1CC=C2C(C#N)=C(N)C(C#N)(C#N)C(c3ccc(F)cc3F)C2C1. The monoisotopic (exact) mass is 351 g/mol. The first-order valence-electron chi connectivity index (χ1n) is 7.96. The fourth-order valence-electron chi connectivity index (χ4n) is 3.92. The summed E-state index contributed by atoms with van der Waals surface area (Å²) in [6.07, 6.45) is 1.81. The summed E-state index contributed by atoms with van der Waals surface area (Å²) in [4.78, 5) is 1.94. The van der Waals surface area contributed by atoms with Gasteiger partial charge in [0.15, 0.2) is 5.41 Å². The zero-order valence-corrected chi connectivity index (χ0v) is 14.0. The van der Waals surface area contributed by atoms with Crippen molar-refractivity contribution in [3.63, 3.8) is 0 Å². The molecule has 0 saturated heterocycles. The maximum Gasteiger partial charge on any atom is 0.191 e. The molecule has 0 amide bonds. The van der Waals surface area contributed by atoms with Crippen molar-refractivity contribution in [1.29, 1.82) is 15.8 Å². The minimum Gasteiger partial charge on any atom is -0.399 e. The molecule has 130 valence electrons. The summed E-state index contributed by atoms with van der Waals surface area (Å²) in [5.41, 5.74) is 4.77. The normalized spacial score (nSPS) is 24.7. The third kappa shape index (κ3) is 2.36. The van der Waals surface area contributed by atoms with Gasteiger partial charge in [-0.15, -0.1) is 0 Å². The molecule has 3 rings (SSSR count). The molecule has 2 aliphatic rings. The van der Waals surface area contributed by atoms with Crippen molar-refractivity contribution in [2.45, 2.75) is 5.92 Å². The molecule has 0 radical (unpaired) electrons. The van der Waals surface area contributed by atoms with E-state index in [0.29, 0.717) is 18.7 Å². The number of benzene rings is 1. The second kappa shape index (κ2) is 6.26. The summed E-state index contributed by atoms with van der Waals surface area (Å²) < 4.78 is 28.0. The predicted octanol–water partition coefficient (Wildman–Crippen LogP) is 2.32. The lowest BCUT2D eigenvalue weighted by molar-refractivity contribution is 0.234. The van der Waals surface area contributed by atoms with E-state index in [0.717, 1.165) is 12.1 Å². The van der Waals surface area contributed by atoms with E-state index in [-0.39, 0.29) is 16.8 Å². The van der Waals surface area contributed by atoms with Crippen LogP contribution < -0.4 is 5.73 Å². The van der Waals surface area contributed by atoms with Crippen molar-refractivity contribution in [1.82, 2.24) is 4.90 Å². The number of hydrogen-bond acceptors (Lipinski definition) is 5. The highest BCUT2D eigenvalue weighted by molar-refractivity contribution is 5.59. The lowest BCUT2D eigenvalue weighted by Crippen LogP contribution is -2.47. The molecule has 26 heavy (non-hydrogen) atoms. The van der Waals surface area contributed by atoms with E-state index in [1.807, 2.05) is 36.2 Å². The molecule has 1 aromatic carbocycles. The molecule has 0 bridgehead atoms. The third-order valence-corrected chi connectivity index (χ3v) is 5.14. The zero-order chi connectivity index (χ0) is 19.1. The number of nitriles is 3. The number of hydrogen-bond donors (Lipinski definition) is 1. The van der Waals surface area contributed by atoms with Crippen LogP contribution in [0.25, 0.3) is 0 Å². The van der Waals surface area contributed by atoms with E-state index < -0.39 is 28.9 Å². The molecule has 0 spiro atoms. The Morgan fingerprint density at radius 3 is 2.50 bits per heavy atom. The molecule has 7 heteroatoms. The van der Waals surface area contributed by atoms with Crippen LogP contribution in [0, 0.1) is 57.0 Å². The molecule has 0 saturated carbocycles. The molecule has 1 aromatic rings. The molecule has 5 nitrogen and oxygen atoms in total. The van der Waals surface area contributed by atoms with Crippen molar-refractivity contribution >= 4 is 0 Å².